The van der Waals surface area contributed by atoms with Gasteiger partial charge in [0.2, 0.25) is 0 Å². The Hall–Kier alpha value is -2.28. The molecule has 1 aromatic heterocycles. The maximum atomic E-state index is 12.1. The molecule has 0 aliphatic rings. The van der Waals surface area contributed by atoms with Gasteiger partial charge in [-0.2, -0.15) is 0 Å². The Morgan fingerprint density at radius 3 is 2.80 bits per heavy atom. The molecule has 7 heteroatoms. The number of nitrogens with zero attached hydrogens (tertiary/aromatic N) is 2. The van der Waals surface area contributed by atoms with Crippen molar-refractivity contribution in [2.45, 2.75) is 6.92 Å². The molecule has 6 nitrogen and oxygen atoms in total. The summed E-state index contributed by atoms with van der Waals surface area (Å²) in [5.41, 5.74) is 1.43. The number of aryl methyl sites for hydroxylation is 1. The van der Waals surface area contributed by atoms with Crippen LogP contribution in [-0.4, -0.2) is 15.8 Å². The molecular weight excluding hydrogens is 326 g/mol. The van der Waals surface area contributed by atoms with Crippen molar-refractivity contribution in [3.05, 3.63) is 62.4 Å². The van der Waals surface area contributed by atoms with E-state index < -0.39 is 4.92 Å². The Bertz CT molecular complexity index is 688. The second-order valence-electron chi connectivity index (χ2n) is 4.05. The Kier molecular flexibility index (Phi) is 4.09. The van der Waals surface area contributed by atoms with Gasteiger partial charge >= 0.3 is 0 Å². The summed E-state index contributed by atoms with van der Waals surface area (Å²) < 4.78 is 0.417. The molecule has 0 bridgehead atoms. The monoisotopic (exact) mass is 335 g/mol. The first-order valence-corrected chi connectivity index (χ1v) is 6.45. The zero-order valence-electron chi connectivity index (χ0n) is 10.5. The van der Waals surface area contributed by atoms with Crippen molar-refractivity contribution >= 4 is 33.2 Å². The molecule has 0 spiro atoms. The van der Waals surface area contributed by atoms with Crippen LogP contribution in [0.1, 0.15) is 15.9 Å². The highest BCUT2D eigenvalue weighted by Gasteiger charge is 2.14. The lowest BCUT2D eigenvalue weighted by molar-refractivity contribution is -0.384. The van der Waals surface area contributed by atoms with E-state index in [1.165, 1.54) is 12.1 Å². The highest BCUT2D eigenvalue weighted by Crippen LogP contribution is 2.23. The maximum absolute atomic E-state index is 12.1. The second kappa shape index (κ2) is 5.79. The van der Waals surface area contributed by atoms with Gasteiger partial charge in [0, 0.05) is 18.3 Å². The molecule has 0 saturated heterocycles. The molecule has 0 aliphatic carbocycles. The van der Waals surface area contributed by atoms with Crippen LogP contribution in [0, 0.1) is 17.0 Å². The fourth-order valence-corrected chi connectivity index (χ4v) is 2.03. The number of benzene rings is 1. The number of rotatable bonds is 3. The number of carbonyl (C=O) groups is 1. The molecular formula is C13H10BrN3O3. The molecule has 1 aromatic carbocycles. The number of nitro groups is 1. The first-order valence-electron chi connectivity index (χ1n) is 5.66. The summed E-state index contributed by atoms with van der Waals surface area (Å²) in [5.74, 6) is -0.381. The maximum Gasteiger partial charge on any atom is 0.271 e. The topological polar surface area (TPSA) is 85.1 Å². The van der Waals surface area contributed by atoms with Crippen molar-refractivity contribution < 1.29 is 9.72 Å². The van der Waals surface area contributed by atoms with Gasteiger partial charge in [0.1, 0.15) is 4.60 Å². The summed E-state index contributed by atoms with van der Waals surface area (Å²) >= 11 is 3.19. The van der Waals surface area contributed by atoms with Crippen LogP contribution < -0.4 is 5.32 Å². The van der Waals surface area contributed by atoms with Crippen molar-refractivity contribution in [3.8, 4) is 0 Å². The van der Waals surface area contributed by atoms with E-state index in [0.29, 0.717) is 15.9 Å². The summed E-state index contributed by atoms with van der Waals surface area (Å²) in [7, 11) is 0. The summed E-state index contributed by atoms with van der Waals surface area (Å²) in [6.07, 6.45) is 1.56. The molecule has 2 rings (SSSR count). The van der Waals surface area contributed by atoms with E-state index in [9.17, 15) is 14.9 Å². The lowest BCUT2D eigenvalue weighted by Crippen LogP contribution is -2.14. The van der Waals surface area contributed by atoms with Crippen LogP contribution in [-0.2, 0) is 0 Å². The van der Waals surface area contributed by atoms with Gasteiger partial charge in [-0.3, -0.25) is 14.9 Å². The van der Waals surface area contributed by atoms with Crippen LogP contribution in [0.3, 0.4) is 0 Å². The van der Waals surface area contributed by atoms with Gasteiger partial charge in [-0.1, -0.05) is 6.07 Å². The zero-order valence-corrected chi connectivity index (χ0v) is 12.0. The van der Waals surface area contributed by atoms with Gasteiger partial charge < -0.3 is 5.32 Å². The molecule has 1 amide bonds. The van der Waals surface area contributed by atoms with Gasteiger partial charge in [-0.15, -0.1) is 0 Å². The van der Waals surface area contributed by atoms with Crippen LogP contribution in [0.2, 0.25) is 0 Å². The summed E-state index contributed by atoms with van der Waals surface area (Å²) in [4.78, 5) is 26.3. The molecule has 0 radical (unpaired) electrons. The van der Waals surface area contributed by atoms with E-state index in [1.807, 2.05) is 0 Å². The second-order valence-corrected chi connectivity index (χ2v) is 4.80. The standard InChI is InChI=1S/C13H10BrN3O3/c1-8-4-5-9(17(19)20)7-11(8)16-13(18)10-3-2-6-15-12(10)14/h2-7H,1H3,(H,16,18). The highest BCUT2D eigenvalue weighted by molar-refractivity contribution is 9.10. The molecule has 1 N–H and O–H groups in total. The zero-order chi connectivity index (χ0) is 14.7. The molecule has 0 atom stereocenters. The predicted octanol–water partition coefficient (Wildman–Crippen LogP) is 3.31. The number of nitro benzene ring substituents is 1. The quantitative estimate of drug-likeness (QED) is 0.529. The number of amides is 1. The van der Waals surface area contributed by atoms with Gasteiger partial charge in [0.15, 0.2) is 0 Å². The smallest absolute Gasteiger partial charge is 0.271 e. The third kappa shape index (κ3) is 3.00. The number of aromatic nitrogens is 1. The van der Waals surface area contributed by atoms with Crippen LogP contribution in [0.4, 0.5) is 11.4 Å². The third-order valence-electron chi connectivity index (χ3n) is 2.68. The Morgan fingerprint density at radius 2 is 2.15 bits per heavy atom. The number of non-ortho nitro benzene ring substituents is 1. The van der Waals surface area contributed by atoms with E-state index in [1.54, 1.807) is 31.3 Å². The van der Waals surface area contributed by atoms with Crippen molar-refractivity contribution in [3.63, 3.8) is 0 Å². The van der Waals surface area contributed by atoms with E-state index in [0.717, 1.165) is 5.56 Å². The van der Waals surface area contributed by atoms with Crippen molar-refractivity contribution in [2.75, 3.05) is 5.32 Å². The van der Waals surface area contributed by atoms with Gasteiger partial charge in [0.25, 0.3) is 11.6 Å². The Labute approximate surface area is 123 Å². The molecule has 0 fully saturated rings. The fraction of sp³-hybridized carbons (Fsp3) is 0.0769. The van der Waals surface area contributed by atoms with Gasteiger partial charge in [-0.05, 0) is 40.5 Å². The normalized spacial score (nSPS) is 10.1. The molecule has 0 unspecified atom stereocenters. The van der Waals surface area contributed by atoms with Crippen LogP contribution in [0.5, 0.6) is 0 Å². The van der Waals surface area contributed by atoms with Crippen molar-refractivity contribution in [2.24, 2.45) is 0 Å². The van der Waals surface area contributed by atoms with Gasteiger partial charge in [-0.25, -0.2) is 4.98 Å². The number of pyridine rings is 1. The number of carbonyl (C=O) groups excluding carboxylic acids is 1. The number of nitrogens with one attached hydrogen (secondary N) is 1. The highest BCUT2D eigenvalue weighted by atomic mass is 79.9. The van der Waals surface area contributed by atoms with Crippen molar-refractivity contribution in [1.82, 2.24) is 4.98 Å². The summed E-state index contributed by atoms with van der Waals surface area (Å²) in [6.45, 7) is 1.76. The third-order valence-corrected chi connectivity index (χ3v) is 3.32. The van der Waals surface area contributed by atoms with Crippen molar-refractivity contribution in [1.29, 1.82) is 0 Å². The minimum Gasteiger partial charge on any atom is -0.321 e. The van der Waals surface area contributed by atoms with E-state index >= 15 is 0 Å². The molecule has 0 aliphatic heterocycles. The minimum absolute atomic E-state index is 0.0730. The number of hydrogen-bond donors (Lipinski definition) is 1. The average Bonchev–Trinajstić information content (AvgIpc) is 2.41. The number of anilines is 1. The number of halogens is 1. The lowest BCUT2D eigenvalue weighted by Gasteiger charge is -2.08. The minimum atomic E-state index is -0.505. The lowest BCUT2D eigenvalue weighted by atomic mass is 10.1. The first-order chi connectivity index (χ1) is 9.49. The summed E-state index contributed by atoms with van der Waals surface area (Å²) in [6, 6.07) is 7.56. The first kappa shape index (κ1) is 14.1. The van der Waals surface area contributed by atoms with Crippen LogP contribution in [0.15, 0.2) is 41.1 Å². The average molecular weight is 336 g/mol. The molecule has 20 heavy (non-hydrogen) atoms. The van der Waals surface area contributed by atoms with E-state index in [4.69, 9.17) is 0 Å². The van der Waals surface area contributed by atoms with E-state index in [2.05, 4.69) is 26.2 Å². The summed E-state index contributed by atoms with van der Waals surface area (Å²) in [5, 5.41) is 13.4. The fourth-order valence-electron chi connectivity index (χ4n) is 1.60. The predicted molar refractivity (Wildman–Crippen MR) is 77.7 cm³/mol. The number of hydrogen-bond acceptors (Lipinski definition) is 4. The Balaban J connectivity index is 2.30. The largest absolute Gasteiger partial charge is 0.321 e. The van der Waals surface area contributed by atoms with Crippen LogP contribution in [0.25, 0.3) is 0 Å². The molecule has 1 heterocycles. The Morgan fingerprint density at radius 1 is 1.40 bits per heavy atom. The molecule has 0 saturated carbocycles. The van der Waals surface area contributed by atoms with E-state index in [-0.39, 0.29) is 11.6 Å². The van der Waals surface area contributed by atoms with Crippen LogP contribution >= 0.6 is 15.9 Å². The molecule has 102 valence electrons. The SMILES string of the molecule is Cc1ccc([N+](=O)[O-])cc1NC(=O)c1cccnc1Br. The van der Waals surface area contributed by atoms with Gasteiger partial charge in [0.05, 0.1) is 16.2 Å². The molecule has 2 aromatic rings.